The van der Waals surface area contributed by atoms with E-state index in [-0.39, 0.29) is 12.7 Å². The Kier molecular flexibility index (Phi) is 4.95. The highest BCUT2D eigenvalue weighted by molar-refractivity contribution is 5.25. The van der Waals surface area contributed by atoms with Gasteiger partial charge in [0.05, 0.1) is 6.10 Å². The number of allylic oxidation sites excluding steroid dienone is 1. The summed E-state index contributed by atoms with van der Waals surface area (Å²) in [5, 5.41) is 17.5. The summed E-state index contributed by atoms with van der Waals surface area (Å²) in [5.74, 6) is 2.89. The Morgan fingerprint density at radius 3 is 2.52 bits per heavy atom. The van der Waals surface area contributed by atoms with Gasteiger partial charge in [-0.25, -0.2) is 0 Å². The van der Waals surface area contributed by atoms with Crippen LogP contribution in [0.1, 0.15) is 78.6 Å². The first kappa shape index (κ1) is 17.5. The van der Waals surface area contributed by atoms with Crippen LogP contribution in [0.3, 0.4) is 0 Å². The summed E-state index contributed by atoms with van der Waals surface area (Å²) in [6.45, 7) is 7.04. The van der Waals surface area contributed by atoms with Crippen molar-refractivity contribution in [3.63, 3.8) is 0 Å². The summed E-state index contributed by atoms with van der Waals surface area (Å²) in [6.07, 6.45) is 14.3. The molecule has 6 atom stereocenters. The zero-order chi connectivity index (χ0) is 16.7. The van der Waals surface area contributed by atoms with E-state index in [1.54, 1.807) is 12.5 Å². The monoisotopic (exact) mass is 320 g/mol. The van der Waals surface area contributed by atoms with E-state index in [4.69, 9.17) is 5.11 Å². The first-order valence-corrected chi connectivity index (χ1v) is 9.94. The van der Waals surface area contributed by atoms with Crippen molar-refractivity contribution in [1.82, 2.24) is 0 Å². The fourth-order valence-electron chi connectivity index (χ4n) is 6.70. The second kappa shape index (κ2) is 6.52. The van der Waals surface area contributed by atoms with Crippen molar-refractivity contribution < 1.29 is 10.2 Å². The molecule has 0 amide bonds. The maximum Gasteiger partial charge on any atom is 0.0724 e. The minimum Gasteiger partial charge on any atom is -0.397 e. The number of fused-ring (bicyclic) bond motifs is 5. The molecule has 3 saturated carbocycles. The molecule has 4 aliphatic rings. The summed E-state index contributed by atoms with van der Waals surface area (Å²) in [7, 11) is 0. The van der Waals surface area contributed by atoms with E-state index < -0.39 is 0 Å². The lowest BCUT2D eigenvalue weighted by Crippen LogP contribution is -2.49. The standard InChI is InChI=1S/C19H30O.C2H6O/c1-18-9-3-4-16(18)15-6-5-13-12-14(20)7-11-19(13,2)17(15)8-10-18;1-2-3/h12,14-17,20H,3-11H2,1-2H3;3H,2H2,1H3/t14-,15?,16?,17?,18-,19-;/m0./s1. The van der Waals surface area contributed by atoms with Gasteiger partial charge in [0, 0.05) is 6.61 Å². The highest BCUT2D eigenvalue weighted by Gasteiger charge is 2.55. The van der Waals surface area contributed by atoms with Crippen molar-refractivity contribution in [3.8, 4) is 0 Å². The Morgan fingerprint density at radius 1 is 1.04 bits per heavy atom. The molecule has 0 aliphatic heterocycles. The fourth-order valence-corrected chi connectivity index (χ4v) is 6.70. The van der Waals surface area contributed by atoms with Crippen LogP contribution in [0, 0.1) is 28.6 Å². The quantitative estimate of drug-likeness (QED) is 0.635. The van der Waals surface area contributed by atoms with E-state index in [0.29, 0.717) is 10.8 Å². The SMILES string of the molecule is CCO.C[C@@]12CCCC1C1CCC3=C[C@@H](O)CC[C@]3(C)C1CC2. The third-order valence-electron chi connectivity index (χ3n) is 7.87. The lowest BCUT2D eigenvalue weighted by molar-refractivity contribution is -0.0411. The van der Waals surface area contributed by atoms with Crippen LogP contribution in [0.2, 0.25) is 0 Å². The molecule has 2 nitrogen and oxygen atoms in total. The molecule has 2 N–H and O–H groups in total. The zero-order valence-electron chi connectivity index (χ0n) is 15.4. The van der Waals surface area contributed by atoms with Crippen LogP contribution < -0.4 is 0 Å². The molecule has 4 aliphatic carbocycles. The molecule has 0 aromatic carbocycles. The van der Waals surface area contributed by atoms with E-state index in [1.807, 2.05) is 0 Å². The second-order valence-electron chi connectivity index (χ2n) is 9.03. The van der Waals surface area contributed by atoms with Crippen molar-refractivity contribution in [2.24, 2.45) is 28.6 Å². The lowest BCUT2D eigenvalue weighted by atomic mass is 9.47. The first-order valence-electron chi connectivity index (χ1n) is 9.94. The van der Waals surface area contributed by atoms with Crippen molar-refractivity contribution in [3.05, 3.63) is 11.6 Å². The van der Waals surface area contributed by atoms with Crippen LogP contribution in [0.15, 0.2) is 11.6 Å². The van der Waals surface area contributed by atoms with Crippen molar-refractivity contribution in [2.45, 2.75) is 84.7 Å². The molecule has 4 rings (SSSR count). The number of aliphatic hydroxyl groups is 2. The van der Waals surface area contributed by atoms with E-state index >= 15 is 0 Å². The van der Waals surface area contributed by atoms with Gasteiger partial charge in [-0.05, 0) is 86.9 Å². The van der Waals surface area contributed by atoms with E-state index in [1.165, 1.54) is 51.4 Å². The summed E-state index contributed by atoms with van der Waals surface area (Å²) in [4.78, 5) is 0. The Hall–Kier alpha value is -0.340. The van der Waals surface area contributed by atoms with Gasteiger partial charge in [0.1, 0.15) is 0 Å². The molecular formula is C21H36O2. The molecule has 0 aromatic heterocycles. The van der Waals surface area contributed by atoms with Crippen LogP contribution in [0.5, 0.6) is 0 Å². The molecule has 2 heteroatoms. The average Bonchev–Trinajstić information content (AvgIpc) is 2.90. The van der Waals surface area contributed by atoms with Crippen molar-refractivity contribution in [1.29, 1.82) is 0 Å². The molecule has 0 bridgehead atoms. The summed E-state index contributed by atoms with van der Waals surface area (Å²) >= 11 is 0. The van der Waals surface area contributed by atoms with Crippen molar-refractivity contribution in [2.75, 3.05) is 6.61 Å². The molecular weight excluding hydrogens is 284 g/mol. The van der Waals surface area contributed by atoms with E-state index in [0.717, 1.165) is 24.2 Å². The number of rotatable bonds is 0. The van der Waals surface area contributed by atoms with Gasteiger partial charge in [0.2, 0.25) is 0 Å². The van der Waals surface area contributed by atoms with Gasteiger partial charge in [0.25, 0.3) is 0 Å². The first-order chi connectivity index (χ1) is 10.9. The van der Waals surface area contributed by atoms with Crippen LogP contribution in [0.25, 0.3) is 0 Å². The number of hydrogen-bond acceptors (Lipinski definition) is 2. The molecule has 0 radical (unpaired) electrons. The van der Waals surface area contributed by atoms with Crippen LogP contribution >= 0.6 is 0 Å². The van der Waals surface area contributed by atoms with Crippen LogP contribution in [0.4, 0.5) is 0 Å². The third-order valence-corrected chi connectivity index (χ3v) is 7.87. The molecule has 3 fully saturated rings. The number of hydrogen-bond donors (Lipinski definition) is 2. The average molecular weight is 321 g/mol. The van der Waals surface area contributed by atoms with Crippen LogP contribution in [-0.4, -0.2) is 22.9 Å². The molecule has 23 heavy (non-hydrogen) atoms. The summed E-state index contributed by atoms with van der Waals surface area (Å²) < 4.78 is 0. The zero-order valence-corrected chi connectivity index (χ0v) is 15.4. The van der Waals surface area contributed by atoms with Crippen molar-refractivity contribution >= 4 is 0 Å². The molecule has 3 unspecified atom stereocenters. The van der Waals surface area contributed by atoms with Gasteiger partial charge in [-0.15, -0.1) is 0 Å². The maximum atomic E-state index is 9.97. The normalized spacial score (nSPS) is 48.3. The smallest absolute Gasteiger partial charge is 0.0724 e. The summed E-state index contributed by atoms with van der Waals surface area (Å²) in [5.41, 5.74) is 2.71. The highest BCUT2D eigenvalue weighted by atomic mass is 16.3. The van der Waals surface area contributed by atoms with Gasteiger partial charge in [-0.2, -0.15) is 0 Å². The fraction of sp³-hybridized carbons (Fsp3) is 0.905. The lowest BCUT2D eigenvalue weighted by Gasteiger charge is -2.57. The highest BCUT2D eigenvalue weighted by Crippen LogP contribution is 2.65. The topological polar surface area (TPSA) is 40.5 Å². The third kappa shape index (κ3) is 2.91. The Labute approximate surface area is 142 Å². The van der Waals surface area contributed by atoms with Gasteiger partial charge >= 0.3 is 0 Å². The predicted octanol–water partition coefficient (Wildman–Crippen LogP) is 4.70. The minimum absolute atomic E-state index is 0.157. The van der Waals surface area contributed by atoms with Gasteiger partial charge < -0.3 is 10.2 Å². The largest absolute Gasteiger partial charge is 0.397 e. The number of aliphatic hydroxyl groups excluding tert-OH is 2. The summed E-state index contributed by atoms with van der Waals surface area (Å²) in [6, 6.07) is 0. The Balaban J connectivity index is 0.000000485. The van der Waals surface area contributed by atoms with Gasteiger partial charge in [0.15, 0.2) is 0 Å². The Morgan fingerprint density at radius 2 is 1.78 bits per heavy atom. The van der Waals surface area contributed by atoms with Gasteiger partial charge in [-0.3, -0.25) is 0 Å². The minimum atomic E-state index is -0.157. The maximum absolute atomic E-state index is 9.97. The van der Waals surface area contributed by atoms with Crippen LogP contribution in [-0.2, 0) is 0 Å². The van der Waals surface area contributed by atoms with Gasteiger partial charge in [-0.1, -0.05) is 31.9 Å². The second-order valence-corrected chi connectivity index (χ2v) is 9.03. The molecule has 0 spiro atoms. The molecule has 0 saturated heterocycles. The molecule has 0 heterocycles. The molecule has 0 aromatic rings. The van der Waals surface area contributed by atoms with E-state index in [2.05, 4.69) is 19.9 Å². The molecule has 132 valence electrons. The predicted molar refractivity (Wildman–Crippen MR) is 95.1 cm³/mol. The Bertz CT molecular complexity index is 457. The van der Waals surface area contributed by atoms with E-state index in [9.17, 15) is 5.11 Å².